The van der Waals surface area contributed by atoms with Gasteiger partial charge in [-0.1, -0.05) is 12.8 Å². The molecule has 112 valence electrons. The van der Waals surface area contributed by atoms with Crippen molar-refractivity contribution in [2.45, 2.75) is 44.6 Å². The van der Waals surface area contributed by atoms with E-state index in [1.807, 2.05) is 0 Å². The Labute approximate surface area is 116 Å². The lowest BCUT2D eigenvalue weighted by molar-refractivity contribution is 0.0310. The maximum Gasteiger partial charge on any atom is 0.0897 e. The molecule has 0 aliphatic heterocycles. The largest absolute Gasteiger partial charge is 0.396 e. The lowest BCUT2D eigenvalue weighted by atomic mass is 9.79. The van der Waals surface area contributed by atoms with Crippen LogP contribution >= 0.6 is 0 Å². The van der Waals surface area contributed by atoms with Crippen molar-refractivity contribution in [3.63, 3.8) is 0 Å². The number of aliphatic hydroxyl groups is 2. The summed E-state index contributed by atoms with van der Waals surface area (Å²) in [5.74, 6) is 1.77. The van der Waals surface area contributed by atoms with Crippen LogP contribution in [0.25, 0.3) is 0 Å². The van der Waals surface area contributed by atoms with Crippen LogP contribution in [0.15, 0.2) is 0 Å². The molecule has 4 heteroatoms. The fourth-order valence-electron chi connectivity index (χ4n) is 2.94. The number of hydrogen-bond donors (Lipinski definition) is 3. The molecule has 2 saturated carbocycles. The molecule has 2 rings (SSSR count). The molecule has 3 unspecified atom stereocenters. The molecule has 0 amide bonds. The molecule has 0 bridgehead atoms. The normalized spacial score (nSPS) is 29.4. The second kappa shape index (κ2) is 8.20. The van der Waals surface area contributed by atoms with Crippen molar-refractivity contribution < 1.29 is 14.9 Å². The minimum atomic E-state index is -0.407. The van der Waals surface area contributed by atoms with Crippen LogP contribution in [0.1, 0.15) is 38.5 Å². The van der Waals surface area contributed by atoms with E-state index in [9.17, 15) is 10.2 Å². The van der Waals surface area contributed by atoms with Crippen molar-refractivity contribution >= 4 is 0 Å². The van der Waals surface area contributed by atoms with Gasteiger partial charge in [-0.25, -0.2) is 0 Å². The first-order valence-corrected chi connectivity index (χ1v) is 7.87. The molecule has 3 atom stereocenters. The topological polar surface area (TPSA) is 61.7 Å². The van der Waals surface area contributed by atoms with Crippen LogP contribution in [-0.2, 0) is 4.74 Å². The monoisotopic (exact) mass is 271 g/mol. The van der Waals surface area contributed by atoms with Crippen molar-refractivity contribution in [3.8, 4) is 0 Å². The van der Waals surface area contributed by atoms with Crippen LogP contribution in [0, 0.1) is 17.8 Å². The molecule has 3 N–H and O–H groups in total. The minimum absolute atomic E-state index is 0.305. The van der Waals surface area contributed by atoms with Crippen molar-refractivity contribution in [3.05, 3.63) is 0 Å². The zero-order valence-corrected chi connectivity index (χ0v) is 11.9. The van der Waals surface area contributed by atoms with E-state index in [-0.39, 0.29) is 0 Å². The first-order valence-electron chi connectivity index (χ1n) is 7.87. The van der Waals surface area contributed by atoms with Gasteiger partial charge in [-0.15, -0.1) is 0 Å². The molecule has 2 fully saturated rings. The maximum atomic E-state index is 9.80. The quantitative estimate of drug-likeness (QED) is 0.589. The zero-order valence-electron chi connectivity index (χ0n) is 11.9. The van der Waals surface area contributed by atoms with E-state index < -0.39 is 6.10 Å². The third-order valence-electron chi connectivity index (χ3n) is 4.45. The van der Waals surface area contributed by atoms with E-state index in [0.29, 0.717) is 31.6 Å². The lowest BCUT2D eigenvalue weighted by Gasteiger charge is -2.30. The molecule has 0 radical (unpaired) electrons. The van der Waals surface area contributed by atoms with E-state index in [1.165, 1.54) is 32.1 Å². The second-order valence-electron chi connectivity index (χ2n) is 6.28. The van der Waals surface area contributed by atoms with Gasteiger partial charge in [0.15, 0.2) is 0 Å². The van der Waals surface area contributed by atoms with Crippen LogP contribution in [0.3, 0.4) is 0 Å². The van der Waals surface area contributed by atoms with Gasteiger partial charge >= 0.3 is 0 Å². The van der Waals surface area contributed by atoms with E-state index in [2.05, 4.69) is 5.32 Å². The van der Waals surface area contributed by atoms with Gasteiger partial charge in [0.1, 0.15) is 0 Å². The highest BCUT2D eigenvalue weighted by Gasteiger charge is 2.24. The van der Waals surface area contributed by atoms with Gasteiger partial charge in [0, 0.05) is 19.8 Å². The van der Waals surface area contributed by atoms with Crippen LogP contribution in [0.2, 0.25) is 0 Å². The first kappa shape index (κ1) is 15.2. The van der Waals surface area contributed by atoms with Crippen LogP contribution in [0.4, 0.5) is 0 Å². The molecule has 0 aromatic rings. The van der Waals surface area contributed by atoms with E-state index in [0.717, 1.165) is 25.5 Å². The summed E-state index contributed by atoms with van der Waals surface area (Å²) in [5, 5.41) is 22.5. The Morgan fingerprint density at radius 2 is 1.84 bits per heavy atom. The fourth-order valence-corrected chi connectivity index (χ4v) is 2.94. The summed E-state index contributed by atoms with van der Waals surface area (Å²) in [6.45, 7) is 3.06. The SMILES string of the molecule is OCC1CCCCC1CNCC(O)COCC1CC1. The van der Waals surface area contributed by atoms with Gasteiger partial charge < -0.3 is 20.3 Å². The van der Waals surface area contributed by atoms with E-state index >= 15 is 0 Å². The van der Waals surface area contributed by atoms with Crippen molar-refractivity contribution in [2.24, 2.45) is 17.8 Å². The number of hydrogen-bond acceptors (Lipinski definition) is 4. The summed E-state index contributed by atoms with van der Waals surface area (Å²) in [7, 11) is 0. The predicted molar refractivity (Wildman–Crippen MR) is 75.0 cm³/mol. The van der Waals surface area contributed by atoms with Crippen LogP contribution in [-0.4, -0.2) is 49.2 Å². The van der Waals surface area contributed by atoms with E-state index in [1.54, 1.807) is 0 Å². The molecule has 2 aliphatic carbocycles. The average molecular weight is 271 g/mol. The molecule has 0 aromatic heterocycles. The molecular formula is C15H29NO3. The summed E-state index contributed by atoms with van der Waals surface area (Å²) < 4.78 is 5.47. The third kappa shape index (κ3) is 5.78. The third-order valence-corrected chi connectivity index (χ3v) is 4.45. The number of nitrogens with one attached hydrogen (secondary N) is 1. The highest BCUT2D eigenvalue weighted by Crippen LogP contribution is 2.29. The summed E-state index contributed by atoms with van der Waals surface area (Å²) >= 11 is 0. The molecule has 4 nitrogen and oxygen atoms in total. The summed E-state index contributed by atoms with van der Waals surface area (Å²) in [5.41, 5.74) is 0. The first-order chi connectivity index (χ1) is 9.29. The fraction of sp³-hybridized carbons (Fsp3) is 1.00. The summed E-state index contributed by atoms with van der Waals surface area (Å²) in [6.07, 6.45) is 7.05. The molecule has 19 heavy (non-hydrogen) atoms. The maximum absolute atomic E-state index is 9.80. The predicted octanol–water partition coefficient (Wildman–Crippen LogP) is 1.16. The Bertz CT molecular complexity index is 246. The lowest BCUT2D eigenvalue weighted by Crippen LogP contribution is -2.37. The van der Waals surface area contributed by atoms with Crippen molar-refractivity contribution in [2.75, 3.05) is 32.9 Å². The van der Waals surface area contributed by atoms with Crippen molar-refractivity contribution in [1.29, 1.82) is 0 Å². The smallest absolute Gasteiger partial charge is 0.0897 e. The Morgan fingerprint density at radius 3 is 2.53 bits per heavy atom. The standard InChI is InChI=1S/C15H29NO3/c17-9-14-4-2-1-3-13(14)7-16-8-15(18)11-19-10-12-5-6-12/h12-18H,1-11H2. The highest BCUT2D eigenvalue weighted by atomic mass is 16.5. The Kier molecular flexibility index (Phi) is 6.57. The minimum Gasteiger partial charge on any atom is -0.396 e. The molecule has 0 saturated heterocycles. The summed E-state index contributed by atoms with van der Waals surface area (Å²) in [4.78, 5) is 0. The van der Waals surface area contributed by atoms with Crippen LogP contribution in [0.5, 0.6) is 0 Å². The molecule has 2 aliphatic rings. The molecule has 0 heterocycles. The molecular weight excluding hydrogens is 242 g/mol. The zero-order chi connectivity index (χ0) is 13.5. The number of ether oxygens (including phenoxy) is 1. The van der Waals surface area contributed by atoms with Gasteiger partial charge in [0.25, 0.3) is 0 Å². The van der Waals surface area contributed by atoms with Gasteiger partial charge in [0.05, 0.1) is 12.7 Å². The van der Waals surface area contributed by atoms with Gasteiger partial charge in [-0.3, -0.25) is 0 Å². The van der Waals surface area contributed by atoms with Crippen molar-refractivity contribution in [1.82, 2.24) is 5.32 Å². The van der Waals surface area contributed by atoms with Gasteiger partial charge in [-0.05, 0) is 50.0 Å². The molecule has 0 aromatic carbocycles. The van der Waals surface area contributed by atoms with Gasteiger partial charge in [-0.2, -0.15) is 0 Å². The number of aliphatic hydroxyl groups excluding tert-OH is 2. The van der Waals surface area contributed by atoms with Gasteiger partial charge in [0.2, 0.25) is 0 Å². The van der Waals surface area contributed by atoms with Crippen LogP contribution < -0.4 is 5.32 Å². The number of rotatable bonds is 9. The Hall–Kier alpha value is -0.160. The van der Waals surface area contributed by atoms with E-state index in [4.69, 9.17) is 4.74 Å². The second-order valence-corrected chi connectivity index (χ2v) is 6.28. The Morgan fingerprint density at radius 1 is 1.11 bits per heavy atom. The Balaban J connectivity index is 1.51. The molecule has 0 spiro atoms. The summed E-state index contributed by atoms with van der Waals surface area (Å²) in [6, 6.07) is 0. The average Bonchev–Trinajstić information content (AvgIpc) is 3.23. The highest BCUT2D eigenvalue weighted by molar-refractivity contribution is 4.77.